The summed E-state index contributed by atoms with van der Waals surface area (Å²) in [7, 11) is 0. The Morgan fingerprint density at radius 1 is 0.750 bits per heavy atom. The van der Waals surface area contributed by atoms with Gasteiger partial charge in [-0.15, -0.1) is 0 Å². The van der Waals surface area contributed by atoms with Gasteiger partial charge in [0.15, 0.2) is 17.5 Å². The van der Waals surface area contributed by atoms with Gasteiger partial charge in [0.1, 0.15) is 11.6 Å². The Morgan fingerprint density at radius 3 is 2.21 bits per heavy atom. The first-order valence-electron chi connectivity index (χ1n) is 8.76. The summed E-state index contributed by atoms with van der Waals surface area (Å²) in [6, 6.07) is 9.51. The molecule has 0 bridgehead atoms. The number of benzene rings is 1. The molecule has 0 saturated carbocycles. The monoisotopic (exact) mass is 386 g/mol. The normalized spacial score (nSPS) is 14.2. The molecule has 3 aromatic rings. The van der Waals surface area contributed by atoms with Gasteiger partial charge in [0.2, 0.25) is 5.95 Å². The predicted octanol–water partition coefficient (Wildman–Crippen LogP) is 3.36. The lowest BCUT2D eigenvalue weighted by atomic mass is 10.3. The third-order valence-corrected chi connectivity index (χ3v) is 4.50. The Kier molecular flexibility index (Phi) is 4.96. The lowest BCUT2D eigenvalue weighted by molar-refractivity contribution is 0.449. The number of nitrogens with zero attached hydrogens (tertiary/aromatic N) is 5. The Balaban J connectivity index is 1.45. The molecule has 0 amide bonds. The van der Waals surface area contributed by atoms with Crippen LogP contribution in [0.25, 0.3) is 0 Å². The highest BCUT2D eigenvalue weighted by Gasteiger charge is 2.20. The zero-order valence-electron chi connectivity index (χ0n) is 14.8. The van der Waals surface area contributed by atoms with Crippen molar-refractivity contribution < 1.29 is 13.2 Å². The molecule has 0 aliphatic carbocycles. The van der Waals surface area contributed by atoms with Crippen molar-refractivity contribution in [3.63, 3.8) is 0 Å². The van der Waals surface area contributed by atoms with Gasteiger partial charge in [-0.05, 0) is 30.3 Å². The quantitative estimate of drug-likeness (QED) is 0.694. The first kappa shape index (κ1) is 18.0. The van der Waals surface area contributed by atoms with Crippen LogP contribution < -0.4 is 15.1 Å². The second kappa shape index (κ2) is 7.71. The number of rotatable bonds is 4. The Bertz CT molecular complexity index is 961. The van der Waals surface area contributed by atoms with Crippen molar-refractivity contribution in [2.45, 2.75) is 0 Å². The fourth-order valence-electron chi connectivity index (χ4n) is 3.03. The van der Waals surface area contributed by atoms with E-state index in [9.17, 15) is 13.2 Å². The molecule has 1 aromatic carbocycles. The average molecular weight is 386 g/mol. The molecule has 0 spiro atoms. The summed E-state index contributed by atoms with van der Waals surface area (Å²) in [4.78, 5) is 17.0. The highest BCUT2D eigenvalue weighted by atomic mass is 19.2. The van der Waals surface area contributed by atoms with Crippen molar-refractivity contribution in [2.75, 3.05) is 41.3 Å². The average Bonchev–Trinajstić information content (AvgIpc) is 2.75. The van der Waals surface area contributed by atoms with Gasteiger partial charge in [-0.25, -0.2) is 23.1 Å². The summed E-state index contributed by atoms with van der Waals surface area (Å²) in [6.45, 7) is 3.02. The van der Waals surface area contributed by atoms with Gasteiger partial charge >= 0.3 is 0 Å². The molecule has 0 unspecified atom stereocenters. The molecular formula is C19H17F3N6. The van der Waals surface area contributed by atoms with Crippen molar-refractivity contribution in [1.82, 2.24) is 15.0 Å². The fraction of sp³-hybridized carbons (Fsp3) is 0.211. The van der Waals surface area contributed by atoms with Gasteiger partial charge in [0.05, 0.1) is 5.69 Å². The van der Waals surface area contributed by atoms with Gasteiger partial charge in [-0.2, -0.15) is 4.98 Å². The first-order chi connectivity index (χ1) is 13.6. The van der Waals surface area contributed by atoms with Crippen LogP contribution in [-0.2, 0) is 0 Å². The molecule has 1 saturated heterocycles. The molecule has 1 aliphatic heterocycles. The van der Waals surface area contributed by atoms with Crippen molar-refractivity contribution in [1.29, 1.82) is 0 Å². The van der Waals surface area contributed by atoms with Crippen LogP contribution in [0.4, 0.5) is 36.4 Å². The third kappa shape index (κ3) is 3.68. The molecule has 1 aliphatic rings. The summed E-state index contributed by atoms with van der Waals surface area (Å²) in [5.41, 5.74) is -0.226. The highest BCUT2D eigenvalue weighted by molar-refractivity contribution is 5.56. The van der Waals surface area contributed by atoms with E-state index < -0.39 is 17.5 Å². The number of nitrogens with one attached hydrogen (secondary N) is 1. The number of aromatic nitrogens is 3. The van der Waals surface area contributed by atoms with E-state index in [-0.39, 0.29) is 11.6 Å². The lowest BCUT2D eigenvalue weighted by Crippen LogP contribution is -2.47. The highest BCUT2D eigenvalue weighted by Crippen LogP contribution is 2.23. The number of pyridine rings is 1. The van der Waals surface area contributed by atoms with Crippen molar-refractivity contribution in [3.05, 3.63) is 66.2 Å². The largest absolute Gasteiger partial charge is 0.353 e. The molecule has 4 rings (SSSR count). The van der Waals surface area contributed by atoms with Crippen molar-refractivity contribution in [3.8, 4) is 0 Å². The van der Waals surface area contributed by atoms with Gasteiger partial charge in [0.25, 0.3) is 0 Å². The maximum absolute atomic E-state index is 13.9. The molecule has 9 heteroatoms. The van der Waals surface area contributed by atoms with Crippen LogP contribution >= 0.6 is 0 Å². The zero-order chi connectivity index (χ0) is 19.5. The number of piperazine rings is 1. The second-order valence-electron chi connectivity index (χ2n) is 6.25. The molecule has 0 radical (unpaired) electrons. The number of hydrogen-bond acceptors (Lipinski definition) is 6. The number of halogens is 3. The molecule has 144 valence electrons. The second-order valence-corrected chi connectivity index (χ2v) is 6.25. The van der Waals surface area contributed by atoms with Crippen LogP contribution in [0.5, 0.6) is 0 Å². The molecular weight excluding hydrogens is 369 g/mol. The van der Waals surface area contributed by atoms with E-state index in [2.05, 4.69) is 30.1 Å². The molecule has 2 aromatic heterocycles. The molecule has 0 atom stereocenters. The summed E-state index contributed by atoms with van der Waals surface area (Å²) in [5, 5.41) is 2.60. The first-order valence-corrected chi connectivity index (χ1v) is 8.76. The maximum Gasteiger partial charge on any atom is 0.229 e. The Labute approximate surface area is 159 Å². The standard InChI is InChI=1S/C19H17F3N6/c20-13-4-5-14(18(22)17(13)21)25-19-24-8-6-16(26-19)28-11-9-27(10-12-28)15-3-1-2-7-23-15/h1-8H,9-12H2,(H,24,25,26). The van der Waals surface area contributed by atoms with E-state index in [4.69, 9.17) is 0 Å². The van der Waals surface area contributed by atoms with E-state index in [0.29, 0.717) is 5.82 Å². The van der Waals surface area contributed by atoms with Gasteiger partial charge in [-0.3, -0.25) is 0 Å². The third-order valence-electron chi connectivity index (χ3n) is 4.50. The lowest BCUT2D eigenvalue weighted by Gasteiger charge is -2.36. The summed E-state index contributed by atoms with van der Waals surface area (Å²) < 4.78 is 40.3. The van der Waals surface area contributed by atoms with Crippen molar-refractivity contribution in [2.24, 2.45) is 0 Å². The summed E-state index contributed by atoms with van der Waals surface area (Å²) in [5.74, 6) is -2.38. The van der Waals surface area contributed by atoms with Gasteiger partial charge < -0.3 is 15.1 Å². The molecule has 6 nitrogen and oxygen atoms in total. The molecule has 1 fully saturated rings. The zero-order valence-corrected chi connectivity index (χ0v) is 14.8. The summed E-state index contributed by atoms with van der Waals surface area (Å²) in [6.07, 6.45) is 3.30. The van der Waals surface area contributed by atoms with E-state index in [1.807, 2.05) is 18.2 Å². The molecule has 28 heavy (non-hydrogen) atoms. The van der Waals surface area contributed by atoms with Crippen LogP contribution in [0.1, 0.15) is 0 Å². The van der Waals surface area contributed by atoms with Crippen LogP contribution in [0, 0.1) is 17.5 Å². The van der Waals surface area contributed by atoms with Crippen LogP contribution in [0.3, 0.4) is 0 Å². The maximum atomic E-state index is 13.9. The number of hydrogen-bond donors (Lipinski definition) is 1. The van der Waals surface area contributed by atoms with Gasteiger partial charge in [-0.1, -0.05) is 6.07 Å². The van der Waals surface area contributed by atoms with Crippen LogP contribution in [-0.4, -0.2) is 41.1 Å². The topological polar surface area (TPSA) is 57.2 Å². The molecule has 1 N–H and O–H groups in total. The van der Waals surface area contributed by atoms with Crippen LogP contribution in [0.2, 0.25) is 0 Å². The minimum absolute atomic E-state index is 0.106. The van der Waals surface area contributed by atoms with E-state index in [1.54, 1.807) is 12.3 Å². The minimum atomic E-state index is -1.54. The number of anilines is 4. The van der Waals surface area contributed by atoms with E-state index >= 15 is 0 Å². The Hall–Kier alpha value is -3.36. The SMILES string of the molecule is Fc1ccc(Nc2nccc(N3CCN(c4ccccn4)CC3)n2)c(F)c1F. The summed E-state index contributed by atoms with van der Waals surface area (Å²) >= 11 is 0. The van der Waals surface area contributed by atoms with E-state index in [1.165, 1.54) is 6.20 Å². The van der Waals surface area contributed by atoms with Gasteiger partial charge in [0, 0.05) is 38.6 Å². The van der Waals surface area contributed by atoms with E-state index in [0.717, 1.165) is 44.1 Å². The minimum Gasteiger partial charge on any atom is -0.353 e. The molecule has 3 heterocycles. The van der Waals surface area contributed by atoms with Crippen molar-refractivity contribution >= 4 is 23.3 Å². The predicted molar refractivity (Wildman–Crippen MR) is 100 cm³/mol. The van der Waals surface area contributed by atoms with Crippen LogP contribution in [0.15, 0.2) is 48.8 Å². The fourth-order valence-corrected chi connectivity index (χ4v) is 3.03. The smallest absolute Gasteiger partial charge is 0.229 e. The Morgan fingerprint density at radius 2 is 1.50 bits per heavy atom.